The fourth-order valence-corrected chi connectivity index (χ4v) is 2.99. The number of halogens is 1. The van der Waals surface area contributed by atoms with Crippen LogP contribution >= 0.6 is 11.6 Å². The summed E-state index contributed by atoms with van der Waals surface area (Å²) < 4.78 is 10.4. The van der Waals surface area contributed by atoms with Crippen molar-refractivity contribution in [3.8, 4) is 11.5 Å². The number of piperidine rings is 1. The number of hydrogen-bond acceptors (Lipinski definition) is 5. The number of methoxy groups -OCH3 is 1. The van der Waals surface area contributed by atoms with Gasteiger partial charge in [-0.25, -0.2) is 4.79 Å². The van der Waals surface area contributed by atoms with Gasteiger partial charge in [-0.3, -0.25) is 9.59 Å². The summed E-state index contributed by atoms with van der Waals surface area (Å²) in [5.74, 6) is -1.92. The van der Waals surface area contributed by atoms with E-state index < -0.39 is 30.4 Å². The SMILES string of the molecule is COc1cc(C(=O)N2CCCC[C@@H]2C(=O)O)cc(Cl)c1OCC(N)=O. The average molecular weight is 371 g/mol. The molecule has 0 aromatic heterocycles. The van der Waals surface area contributed by atoms with E-state index in [1.807, 2.05) is 0 Å². The molecule has 1 atom stereocenters. The summed E-state index contributed by atoms with van der Waals surface area (Å²) in [5.41, 5.74) is 5.22. The Hall–Kier alpha value is -2.48. The monoisotopic (exact) mass is 370 g/mol. The number of hydrogen-bond donors (Lipinski definition) is 2. The van der Waals surface area contributed by atoms with Crippen molar-refractivity contribution >= 4 is 29.4 Å². The molecule has 1 heterocycles. The van der Waals surface area contributed by atoms with Gasteiger partial charge in [0.2, 0.25) is 0 Å². The maximum atomic E-state index is 12.7. The smallest absolute Gasteiger partial charge is 0.326 e. The molecule has 1 aliphatic rings. The number of carboxylic acid groups (broad SMARTS) is 1. The van der Waals surface area contributed by atoms with E-state index in [4.69, 9.17) is 26.8 Å². The van der Waals surface area contributed by atoms with E-state index in [1.165, 1.54) is 24.1 Å². The Morgan fingerprint density at radius 2 is 2.08 bits per heavy atom. The number of carbonyl (C=O) groups is 3. The number of primary amides is 1. The second-order valence-electron chi connectivity index (χ2n) is 5.59. The average Bonchev–Trinajstić information content (AvgIpc) is 2.59. The van der Waals surface area contributed by atoms with E-state index in [-0.39, 0.29) is 22.1 Å². The van der Waals surface area contributed by atoms with Crippen LogP contribution < -0.4 is 15.2 Å². The molecule has 136 valence electrons. The summed E-state index contributed by atoms with van der Waals surface area (Å²) in [6, 6.07) is 1.89. The van der Waals surface area contributed by atoms with E-state index in [0.717, 1.165) is 12.8 Å². The van der Waals surface area contributed by atoms with Gasteiger partial charge in [0.1, 0.15) is 6.04 Å². The maximum absolute atomic E-state index is 12.7. The van der Waals surface area contributed by atoms with Gasteiger partial charge in [0.15, 0.2) is 18.1 Å². The number of carbonyl (C=O) groups excluding carboxylic acids is 2. The number of aliphatic carboxylic acids is 1. The van der Waals surface area contributed by atoms with Crippen molar-refractivity contribution in [1.29, 1.82) is 0 Å². The quantitative estimate of drug-likeness (QED) is 0.778. The van der Waals surface area contributed by atoms with E-state index in [1.54, 1.807) is 0 Å². The highest BCUT2D eigenvalue weighted by Gasteiger charge is 2.33. The lowest BCUT2D eigenvalue weighted by Gasteiger charge is -2.33. The first-order valence-electron chi connectivity index (χ1n) is 7.67. The van der Waals surface area contributed by atoms with E-state index in [2.05, 4.69) is 0 Å². The number of benzene rings is 1. The molecule has 0 bridgehead atoms. The fraction of sp³-hybridized carbons (Fsp3) is 0.438. The molecule has 1 aliphatic heterocycles. The lowest BCUT2D eigenvalue weighted by Crippen LogP contribution is -2.48. The van der Waals surface area contributed by atoms with E-state index in [9.17, 15) is 19.5 Å². The molecular weight excluding hydrogens is 352 g/mol. The summed E-state index contributed by atoms with van der Waals surface area (Å²) in [7, 11) is 1.36. The van der Waals surface area contributed by atoms with Crippen LogP contribution in [0.25, 0.3) is 0 Å². The molecular formula is C16H19ClN2O6. The van der Waals surface area contributed by atoms with Crippen molar-refractivity contribution in [1.82, 2.24) is 4.90 Å². The second kappa shape index (κ2) is 8.06. The molecule has 0 aliphatic carbocycles. The third-order valence-electron chi connectivity index (χ3n) is 3.88. The Balaban J connectivity index is 2.32. The molecule has 25 heavy (non-hydrogen) atoms. The molecule has 2 rings (SSSR count). The van der Waals surface area contributed by atoms with Crippen LogP contribution in [0, 0.1) is 0 Å². The topological polar surface area (TPSA) is 119 Å². The number of ether oxygens (including phenoxy) is 2. The molecule has 0 unspecified atom stereocenters. The Morgan fingerprint density at radius 3 is 2.68 bits per heavy atom. The maximum Gasteiger partial charge on any atom is 0.326 e. The van der Waals surface area contributed by atoms with Crippen molar-refractivity contribution < 1.29 is 29.0 Å². The standard InChI is InChI=1S/C16H19ClN2O6/c1-24-12-7-9(6-10(17)14(12)25-8-13(18)20)15(21)19-5-3-2-4-11(19)16(22)23/h6-7,11H,2-5,8H2,1H3,(H2,18,20)(H,22,23)/t11-/m1/s1. The zero-order valence-electron chi connectivity index (χ0n) is 13.7. The van der Waals surface area contributed by atoms with Crippen molar-refractivity contribution in [2.75, 3.05) is 20.3 Å². The van der Waals surface area contributed by atoms with E-state index in [0.29, 0.717) is 13.0 Å². The molecule has 1 saturated heterocycles. The highest BCUT2D eigenvalue weighted by molar-refractivity contribution is 6.32. The number of rotatable bonds is 6. The summed E-state index contributed by atoms with van der Waals surface area (Å²) in [6.45, 7) is -0.0355. The second-order valence-corrected chi connectivity index (χ2v) is 6.00. The Labute approximate surface area is 149 Å². The lowest BCUT2D eigenvalue weighted by atomic mass is 10.0. The molecule has 2 amide bonds. The van der Waals surface area contributed by atoms with Crippen LogP contribution in [0.4, 0.5) is 0 Å². The van der Waals surface area contributed by atoms with Crippen LogP contribution in [-0.2, 0) is 9.59 Å². The van der Waals surface area contributed by atoms with Crippen LogP contribution in [0.1, 0.15) is 29.6 Å². The van der Waals surface area contributed by atoms with Crippen molar-refractivity contribution in [2.24, 2.45) is 5.73 Å². The van der Waals surface area contributed by atoms with Gasteiger partial charge >= 0.3 is 5.97 Å². The summed E-state index contributed by atoms with van der Waals surface area (Å²) in [5, 5.41) is 9.38. The minimum atomic E-state index is -1.03. The zero-order valence-corrected chi connectivity index (χ0v) is 14.4. The largest absolute Gasteiger partial charge is 0.493 e. The summed E-state index contributed by atoms with van der Waals surface area (Å²) in [4.78, 5) is 36.3. The number of likely N-dealkylation sites (tertiary alicyclic amines) is 1. The van der Waals surface area contributed by atoms with Gasteiger partial charge in [-0.2, -0.15) is 0 Å². The number of nitrogens with two attached hydrogens (primary N) is 1. The predicted molar refractivity (Wildman–Crippen MR) is 89.0 cm³/mol. The van der Waals surface area contributed by atoms with Crippen LogP contribution in [-0.4, -0.2) is 54.1 Å². The Bertz CT molecular complexity index is 693. The van der Waals surface area contributed by atoms with Crippen LogP contribution in [0.3, 0.4) is 0 Å². The van der Waals surface area contributed by atoms with Gasteiger partial charge in [-0.05, 0) is 31.4 Å². The van der Waals surface area contributed by atoms with E-state index >= 15 is 0 Å². The minimum Gasteiger partial charge on any atom is -0.493 e. The third kappa shape index (κ3) is 4.33. The first-order valence-corrected chi connectivity index (χ1v) is 8.05. The zero-order chi connectivity index (χ0) is 18.6. The fourth-order valence-electron chi connectivity index (χ4n) is 2.72. The highest BCUT2D eigenvalue weighted by Crippen LogP contribution is 2.37. The predicted octanol–water partition coefficient (Wildman–Crippen LogP) is 1.29. The molecule has 3 N–H and O–H groups in total. The lowest BCUT2D eigenvalue weighted by molar-refractivity contribution is -0.143. The third-order valence-corrected chi connectivity index (χ3v) is 4.16. The number of amides is 2. The van der Waals surface area contributed by atoms with Gasteiger partial charge in [-0.15, -0.1) is 0 Å². The minimum absolute atomic E-state index is 0.0628. The number of nitrogens with zero attached hydrogens (tertiary/aromatic N) is 1. The number of carboxylic acids is 1. The molecule has 1 fully saturated rings. The van der Waals surface area contributed by atoms with Crippen molar-refractivity contribution in [2.45, 2.75) is 25.3 Å². The summed E-state index contributed by atoms with van der Waals surface area (Å²) >= 11 is 6.13. The molecule has 1 aromatic rings. The Kier molecular flexibility index (Phi) is 6.08. The normalized spacial score (nSPS) is 17.0. The van der Waals surface area contributed by atoms with Crippen molar-refractivity contribution in [3.63, 3.8) is 0 Å². The van der Waals surface area contributed by atoms with Crippen molar-refractivity contribution in [3.05, 3.63) is 22.7 Å². The highest BCUT2D eigenvalue weighted by atomic mass is 35.5. The van der Waals surface area contributed by atoms with Gasteiger partial charge in [-0.1, -0.05) is 11.6 Å². The Morgan fingerprint density at radius 1 is 1.36 bits per heavy atom. The van der Waals surface area contributed by atoms with Gasteiger partial charge in [0.25, 0.3) is 11.8 Å². The van der Waals surface area contributed by atoms with Crippen LogP contribution in [0.5, 0.6) is 11.5 Å². The van der Waals surface area contributed by atoms with Gasteiger partial charge in [0.05, 0.1) is 12.1 Å². The summed E-state index contributed by atoms with van der Waals surface area (Å²) in [6.07, 6.45) is 1.90. The van der Waals surface area contributed by atoms with Gasteiger partial charge < -0.3 is 25.2 Å². The van der Waals surface area contributed by atoms with Crippen LogP contribution in [0.15, 0.2) is 12.1 Å². The molecule has 9 heteroatoms. The van der Waals surface area contributed by atoms with Crippen LogP contribution in [0.2, 0.25) is 5.02 Å². The first kappa shape index (κ1) is 18.9. The molecule has 0 saturated carbocycles. The first-order chi connectivity index (χ1) is 11.8. The molecule has 8 nitrogen and oxygen atoms in total. The molecule has 0 spiro atoms. The van der Waals surface area contributed by atoms with Gasteiger partial charge in [0, 0.05) is 12.1 Å². The molecule has 0 radical (unpaired) electrons. The molecule has 1 aromatic carbocycles.